The zero-order valence-electron chi connectivity index (χ0n) is 16.2. The number of alkyl halides is 3. The fourth-order valence-corrected chi connectivity index (χ4v) is 2.78. The van der Waals surface area contributed by atoms with E-state index in [-0.39, 0.29) is 11.4 Å². The lowest BCUT2D eigenvalue weighted by Gasteiger charge is -2.19. The molecule has 32 heavy (non-hydrogen) atoms. The molecule has 0 spiro atoms. The Kier molecular flexibility index (Phi) is 6.72. The molecule has 0 saturated carbocycles. The van der Waals surface area contributed by atoms with Gasteiger partial charge in [-0.25, -0.2) is 13.6 Å². The normalized spacial score (nSPS) is 12.0. The van der Waals surface area contributed by atoms with Crippen LogP contribution in [0.1, 0.15) is 17.2 Å². The topological polar surface area (TPSA) is 70.2 Å². The molecular weight excluding hydrogens is 433 g/mol. The molecule has 10 heteroatoms. The summed E-state index contributed by atoms with van der Waals surface area (Å²) >= 11 is 0. The molecule has 0 heterocycles. The first kappa shape index (κ1) is 22.7. The quantitative estimate of drug-likeness (QED) is 0.451. The van der Waals surface area contributed by atoms with Gasteiger partial charge >= 0.3 is 12.2 Å². The van der Waals surface area contributed by atoms with Gasteiger partial charge in [-0.05, 0) is 42.0 Å². The number of anilines is 2. The third-order valence-electron chi connectivity index (χ3n) is 4.33. The van der Waals surface area contributed by atoms with Crippen LogP contribution in [-0.4, -0.2) is 11.9 Å². The Balaban J connectivity index is 1.76. The number of hydrogen-bond acceptors (Lipinski definition) is 2. The van der Waals surface area contributed by atoms with E-state index in [9.17, 15) is 31.5 Å². The Morgan fingerprint density at radius 3 is 2.06 bits per heavy atom. The van der Waals surface area contributed by atoms with Gasteiger partial charge in [0.2, 0.25) is 0 Å². The Morgan fingerprint density at radius 1 is 0.812 bits per heavy atom. The number of nitrogens with one attached hydrogen (secondary N) is 3. The second-order valence-corrected chi connectivity index (χ2v) is 6.63. The second-order valence-electron chi connectivity index (χ2n) is 6.63. The Morgan fingerprint density at radius 2 is 1.47 bits per heavy atom. The molecular formula is C22H16F5N3O2. The van der Waals surface area contributed by atoms with E-state index in [1.807, 2.05) is 0 Å². The highest BCUT2D eigenvalue weighted by atomic mass is 19.4. The summed E-state index contributed by atoms with van der Waals surface area (Å²) in [5.41, 5.74) is -0.754. The predicted molar refractivity (Wildman–Crippen MR) is 108 cm³/mol. The molecule has 0 saturated heterocycles. The summed E-state index contributed by atoms with van der Waals surface area (Å²) in [6.07, 6.45) is -4.52. The van der Waals surface area contributed by atoms with Gasteiger partial charge in [-0.1, -0.05) is 30.3 Å². The highest BCUT2D eigenvalue weighted by molar-refractivity contribution is 5.99. The highest BCUT2D eigenvalue weighted by Crippen LogP contribution is 2.29. The van der Waals surface area contributed by atoms with Crippen molar-refractivity contribution in [2.45, 2.75) is 12.2 Å². The number of hydrogen-bond donors (Lipinski definition) is 3. The lowest BCUT2D eigenvalue weighted by molar-refractivity contribution is -0.137. The molecule has 0 aliphatic heterocycles. The zero-order chi connectivity index (χ0) is 23.3. The van der Waals surface area contributed by atoms with Crippen molar-refractivity contribution in [3.63, 3.8) is 0 Å². The summed E-state index contributed by atoms with van der Waals surface area (Å²) in [7, 11) is 0. The molecule has 3 N–H and O–H groups in total. The molecule has 3 amide bonds. The van der Waals surface area contributed by atoms with Crippen LogP contribution in [-0.2, 0) is 11.0 Å². The molecule has 1 atom stereocenters. The Labute approximate surface area is 179 Å². The summed E-state index contributed by atoms with van der Waals surface area (Å²) < 4.78 is 65.0. The molecule has 166 valence electrons. The van der Waals surface area contributed by atoms with Crippen molar-refractivity contribution in [2.24, 2.45) is 0 Å². The standard InChI is InChI=1S/C22H16F5N3O2/c23-15-8-11-18(17(24)12-15)29-20(31)19(13-4-2-1-3-5-13)30-21(32)28-16-9-6-14(7-10-16)22(25,26)27/h1-12,19H,(H,29,31)(H2,28,30,32)/t19-/m1/s1. The van der Waals surface area contributed by atoms with Crippen LogP contribution in [0.3, 0.4) is 0 Å². The van der Waals surface area contributed by atoms with E-state index in [0.29, 0.717) is 11.6 Å². The van der Waals surface area contributed by atoms with Crippen LogP contribution >= 0.6 is 0 Å². The van der Waals surface area contributed by atoms with Crippen LogP contribution in [0.4, 0.5) is 38.1 Å². The molecule has 0 aromatic heterocycles. The third-order valence-corrected chi connectivity index (χ3v) is 4.33. The van der Waals surface area contributed by atoms with Crippen LogP contribution in [0.2, 0.25) is 0 Å². The summed E-state index contributed by atoms with van der Waals surface area (Å²) in [6, 6.07) is 12.2. The fraction of sp³-hybridized carbons (Fsp3) is 0.0909. The number of amides is 3. The van der Waals surface area contributed by atoms with Crippen molar-refractivity contribution in [3.05, 3.63) is 95.6 Å². The maximum atomic E-state index is 13.9. The van der Waals surface area contributed by atoms with Crippen molar-refractivity contribution < 1.29 is 31.5 Å². The van der Waals surface area contributed by atoms with Gasteiger partial charge in [0.05, 0.1) is 11.3 Å². The molecule has 3 rings (SSSR count). The molecule has 0 aliphatic carbocycles. The molecule has 0 radical (unpaired) electrons. The van der Waals surface area contributed by atoms with Crippen LogP contribution < -0.4 is 16.0 Å². The minimum atomic E-state index is -4.52. The zero-order valence-corrected chi connectivity index (χ0v) is 16.2. The van der Waals surface area contributed by atoms with E-state index in [2.05, 4.69) is 16.0 Å². The highest BCUT2D eigenvalue weighted by Gasteiger charge is 2.30. The van der Waals surface area contributed by atoms with Gasteiger partial charge in [0.1, 0.15) is 17.7 Å². The fourth-order valence-electron chi connectivity index (χ4n) is 2.78. The van der Waals surface area contributed by atoms with Crippen molar-refractivity contribution >= 4 is 23.3 Å². The van der Waals surface area contributed by atoms with Gasteiger partial charge in [0.15, 0.2) is 0 Å². The average molecular weight is 449 g/mol. The summed E-state index contributed by atoms with van der Waals surface area (Å²) in [4.78, 5) is 25.2. The monoisotopic (exact) mass is 449 g/mol. The first-order valence-electron chi connectivity index (χ1n) is 9.19. The van der Waals surface area contributed by atoms with E-state index in [4.69, 9.17) is 0 Å². The minimum Gasteiger partial charge on any atom is -0.322 e. The molecule has 0 aliphatic rings. The van der Waals surface area contributed by atoms with Crippen molar-refractivity contribution in [2.75, 3.05) is 10.6 Å². The lowest BCUT2D eigenvalue weighted by Crippen LogP contribution is -2.39. The average Bonchev–Trinajstić information content (AvgIpc) is 2.74. The van der Waals surface area contributed by atoms with E-state index in [1.165, 1.54) is 0 Å². The second kappa shape index (κ2) is 9.46. The van der Waals surface area contributed by atoms with Gasteiger partial charge in [-0.2, -0.15) is 13.2 Å². The van der Waals surface area contributed by atoms with Crippen LogP contribution in [0.5, 0.6) is 0 Å². The molecule has 0 unspecified atom stereocenters. The third kappa shape index (κ3) is 5.81. The van der Waals surface area contributed by atoms with E-state index >= 15 is 0 Å². The first-order valence-corrected chi connectivity index (χ1v) is 9.19. The van der Waals surface area contributed by atoms with E-state index in [1.54, 1.807) is 30.3 Å². The van der Waals surface area contributed by atoms with Crippen molar-refractivity contribution in [1.29, 1.82) is 0 Å². The van der Waals surface area contributed by atoms with Gasteiger partial charge in [0, 0.05) is 11.8 Å². The van der Waals surface area contributed by atoms with Crippen molar-refractivity contribution in [3.8, 4) is 0 Å². The first-order chi connectivity index (χ1) is 15.1. The number of urea groups is 1. The SMILES string of the molecule is O=C(Nc1ccc(C(F)(F)F)cc1)N[C@@H](C(=O)Nc1ccc(F)cc1F)c1ccccc1. The van der Waals surface area contributed by atoms with Gasteiger partial charge < -0.3 is 16.0 Å². The molecule has 0 bridgehead atoms. The van der Waals surface area contributed by atoms with Crippen LogP contribution in [0, 0.1) is 11.6 Å². The van der Waals surface area contributed by atoms with Gasteiger partial charge in [-0.3, -0.25) is 4.79 Å². The van der Waals surface area contributed by atoms with Crippen LogP contribution in [0.25, 0.3) is 0 Å². The van der Waals surface area contributed by atoms with Gasteiger partial charge in [-0.15, -0.1) is 0 Å². The maximum Gasteiger partial charge on any atom is 0.416 e. The predicted octanol–water partition coefficient (Wildman–Crippen LogP) is 5.49. The summed E-state index contributed by atoms with van der Waals surface area (Å²) in [6.45, 7) is 0. The van der Waals surface area contributed by atoms with E-state index in [0.717, 1.165) is 36.4 Å². The number of carbonyl (C=O) groups is 2. The Bertz CT molecular complexity index is 1100. The number of benzene rings is 3. The van der Waals surface area contributed by atoms with Crippen LogP contribution in [0.15, 0.2) is 72.8 Å². The number of carbonyl (C=O) groups excluding carboxylic acids is 2. The summed E-state index contributed by atoms with van der Waals surface area (Å²) in [5.74, 6) is -2.64. The van der Waals surface area contributed by atoms with E-state index < -0.39 is 41.4 Å². The van der Waals surface area contributed by atoms with Crippen molar-refractivity contribution in [1.82, 2.24) is 5.32 Å². The molecule has 3 aromatic carbocycles. The largest absolute Gasteiger partial charge is 0.416 e. The van der Waals surface area contributed by atoms with Gasteiger partial charge in [0.25, 0.3) is 5.91 Å². The molecule has 5 nitrogen and oxygen atoms in total. The summed E-state index contributed by atoms with van der Waals surface area (Å²) in [5, 5.41) is 7.02. The Hall–Kier alpha value is -3.95. The molecule has 3 aromatic rings. The number of rotatable bonds is 5. The maximum absolute atomic E-state index is 13.9. The molecule has 0 fully saturated rings. The minimum absolute atomic E-state index is 0.0623. The smallest absolute Gasteiger partial charge is 0.322 e. The number of halogens is 5. The lowest BCUT2D eigenvalue weighted by atomic mass is 10.1.